The van der Waals surface area contributed by atoms with Crippen molar-refractivity contribution >= 4 is 71.2 Å². The van der Waals surface area contributed by atoms with Crippen molar-refractivity contribution < 1.29 is 0 Å². The summed E-state index contributed by atoms with van der Waals surface area (Å²) in [6.07, 6.45) is 0. The van der Waals surface area contributed by atoms with Crippen LogP contribution in [0, 0.1) is 0 Å². The minimum absolute atomic E-state index is 1.09. The van der Waals surface area contributed by atoms with E-state index in [9.17, 15) is 0 Å². The number of hydrogen-bond acceptors (Lipinski definition) is 1. The Balaban J connectivity index is 0.984. The molecular formula is C60H40N2. The minimum Gasteiger partial charge on any atom is -0.310 e. The molecule has 1 heterocycles. The molecule has 0 aliphatic carbocycles. The van der Waals surface area contributed by atoms with Gasteiger partial charge in [0.05, 0.1) is 16.7 Å². The number of nitrogens with zero attached hydrogens (tertiary/aromatic N) is 2. The van der Waals surface area contributed by atoms with Crippen LogP contribution in [-0.4, -0.2) is 4.57 Å². The predicted octanol–water partition coefficient (Wildman–Crippen LogP) is 16.7. The van der Waals surface area contributed by atoms with Gasteiger partial charge in [-0.15, -0.1) is 0 Å². The average Bonchev–Trinajstić information content (AvgIpc) is 3.68. The van der Waals surface area contributed by atoms with Gasteiger partial charge in [-0.25, -0.2) is 0 Å². The Morgan fingerprint density at radius 3 is 1.42 bits per heavy atom. The van der Waals surface area contributed by atoms with Crippen molar-refractivity contribution in [3.05, 3.63) is 243 Å². The molecule has 290 valence electrons. The quantitative estimate of drug-likeness (QED) is 0.156. The number of fused-ring (bicyclic) bond motifs is 6. The Hall–Kier alpha value is -8.20. The van der Waals surface area contributed by atoms with Crippen LogP contribution in [0.5, 0.6) is 0 Å². The van der Waals surface area contributed by atoms with Gasteiger partial charge in [0.1, 0.15) is 0 Å². The molecule has 12 aromatic rings. The summed E-state index contributed by atoms with van der Waals surface area (Å²) in [4.78, 5) is 2.43. The van der Waals surface area contributed by atoms with E-state index >= 15 is 0 Å². The van der Waals surface area contributed by atoms with Crippen molar-refractivity contribution in [2.24, 2.45) is 0 Å². The van der Waals surface area contributed by atoms with Gasteiger partial charge in [-0.1, -0.05) is 188 Å². The molecule has 0 bridgehead atoms. The summed E-state index contributed by atoms with van der Waals surface area (Å²) in [5.41, 5.74) is 14.1. The van der Waals surface area contributed by atoms with Gasteiger partial charge in [-0.05, 0) is 115 Å². The lowest BCUT2D eigenvalue weighted by Gasteiger charge is -2.28. The predicted molar refractivity (Wildman–Crippen MR) is 264 cm³/mol. The standard InChI is InChI=1S/C60H40N2/c1-3-20-49-43(14-1)16-12-26-51(49)45-18-11-19-48(40-45)61(60-39-38-54(53-22-5-6-23-55(53)60)52-27-13-17-44-15-2-4-21-50(44)52)46-34-30-41(31-35-46)42-32-36-47(37-33-42)62-58-28-9-7-24-56(58)57-25-8-10-29-59(57)62/h1-40H. The van der Waals surface area contributed by atoms with E-state index in [1.54, 1.807) is 0 Å². The lowest BCUT2D eigenvalue weighted by atomic mass is 9.92. The molecule has 0 saturated heterocycles. The molecule has 2 nitrogen and oxygen atoms in total. The van der Waals surface area contributed by atoms with Gasteiger partial charge in [0.2, 0.25) is 0 Å². The normalized spacial score (nSPS) is 11.5. The van der Waals surface area contributed by atoms with E-state index in [1.807, 2.05) is 0 Å². The highest BCUT2D eigenvalue weighted by atomic mass is 15.1. The average molecular weight is 789 g/mol. The second kappa shape index (κ2) is 14.8. The van der Waals surface area contributed by atoms with Gasteiger partial charge in [-0.2, -0.15) is 0 Å². The molecule has 11 aromatic carbocycles. The Bertz CT molecular complexity index is 3570. The van der Waals surface area contributed by atoms with E-state index in [1.165, 1.54) is 87.5 Å². The fourth-order valence-corrected chi connectivity index (χ4v) is 9.70. The molecule has 0 saturated carbocycles. The zero-order chi connectivity index (χ0) is 41.0. The second-order valence-electron chi connectivity index (χ2n) is 16.1. The van der Waals surface area contributed by atoms with Crippen LogP contribution in [0.2, 0.25) is 0 Å². The number of aromatic nitrogens is 1. The highest BCUT2D eigenvalue weighted by molar-refractivity contribution is 6.11. The highest BCUT2D eigenvalue weighted by Gasteiger charge is 2.20. The maximum Gasteiger partial charge on any atom is 0.0541 e. The van der Waals surface area contributed by atoms with Crippen LogP contribution >= 0.6 is 0 Å². The summed E-state index contributed by atoms with van der Waals surface area (Å²) in [5.74, 6) is 0. The minimum atomic E-state index is 1.09. The largest absolute Gasteiger partial charge is 0.310 e. The summed E-state index contributed by atoms with van der Waals surface area (Å²) in [7, 11) is 0. The number of anilines is 3. The summed E-state index contributed by atoms with van der Waals surface area (Å²) < 4.78 is 2.37. The van der Waals surface area contributed by atoms with Crippen molar-refractivity contribution in [2.45, 2.75) is 0 Å². The van der Waals surface area contributed by atoms with Crippen molar-refractivity contribution in [3.8, 4) is 39.1 Å². The van der Waals surface area contributed by atoms with Crippen LogP contribution in [0.15, 0.2) is 243 Å². The third kappa shape index (κ3) is 5.96. The molecule has 12 rings (SSSR count). The Morgan fingerprint density at radius 1 is 0.274 bits per heavy atom. The molecule has 2 heteroatoms. The van der Waals surface area contributed by atoms with Crippen molar-refractivity contribution in [1.82, 2.24) is 4.57 Å². The lowest BCUT2D eigenvalue weighted by molar-refractivity contribution is 1.18. The van der Waals surface area contributed by atoms with E-state index in [4.69, 9.17) is 0 Å². The summed E-state index contributed by atoms with van der Waals surface area (Å²) in [5, 5.41) is 9.93. The maximum atomic E-state index is 2.43. The molecule has 0 fully saturated rings. The molecule has 0 N–H and O–H groups in total. The van der Waals surface area contributed by atoms with Gasteiger partial charge in [0.25, 0.3) is 0 Å². The van der Waals surface area contributed by atoms with Crippen LogP contribution in [0.25, 0.3) is 93.2 Å². The number of benzene rings is 11. The Labute approximate surface area is 360 Å². The summed E-state index contributed by atoms with van der Waals surface area (Å²) in [6, 6.07) is 88.5. The lowest BCUT2D eigenvalue weighted by Crippen LogP contribution is -2.11. The summed E-state index contributed by atoms with van der Waals surface area (Å²) >= 11 is 0. The topological polar surface area (TPSA) is 8.17 Å². The molecule has 0 aliphatic heterocycles. The monoisotopic (exact) mass is 788 g/mol. The third-order valence-corrected chi connectivity index (χ3v) is 12.6. The molecular weight excluding hydrogens is 749 g/mol. The number of para-hydroxylation sites is 2. The summed E-state index contributed by atoms with van der Waals surface area (Å²) in [6.45, 7) is 0. The van der Waals surface area contributed by atoms with Crippen LogP contribution in [0.4, 0.5) is 17.1 Å². The fraction of sp³-hybridized carbons (Fsp3) is 0. The molecule has 1 aromatic heterocycles. The highest BCUT2D eigenvalue weighted by Crippen LogP contribution is 2.45. The molecule has 62 heavy (non-hydrogen) atoms. The Morgan fingerprint density at radius 2 is 0.758 bits per heavy atom. The first-order valence-corrected chi connectivity index (χ1v) is 21.3. The van der Waals surface area contributed by atoms with Crippen LogP contribution in [0.3, 0.4) is 0 Å². The van der Waals surface area contributed by atoms with Gasteiger partial charge in [0.15, 0.2) is 0 Å². The van der Waals surface area contributed by atoms with Gasteiger partial charge < -0.3 is 9.47 Å². The SMILES string of the molecule is c1cc(-c2cccc3ccccc23)cc(N(c2ccc(-c3ccc(-n4c5ccccc5c5ccccc54)cc3)cc2)c2ccc(-c3cccc4ccccc34)c3ccccc23)c1. The molecule has 0 aliphatic rings. The number of hydrogen-bond donors (Lipinski definition) is 0. The zero-order valence-electron chi connectivity index (χ0n) is 34.0. The van der Waals surface area contributed by atoms with Crippen molar-refractivity contribution in [3.63, 3.8) is 0 Å². The number of rotatable bonds is 7. The van der Waals surface area contributed by atoms with E-state index in [0.717, 1.165) is 22.7 Å². The maximum absolute atomic E-state index is 2.43. The first-order valence-electron chi connectivity index (χ1n) is 21.3. The smallest absolute Gasteiger partial charge is 0.0541 e. The third-order valence-electron chi connectivity index (χ3n) is 12.6. The first kappa shape index (κ1) is 35.7. The van der Waals surface area contributed by atoms with E-state index in [2.05, 4.69) is 252 Å². The molecule has 0 radical (unpaired) electrons. The van der Waals surface area contributed by atoms with Crippen molar-refractivity contribution in [2.75, 3.05) is 4.90 Å². The van der Waals surface area contributed by atoms with Gasteiger partial charge in [-0.3, -0.25) is 0 Å². The molecule has 0 atom stereocenters. The fourth-order valence-electron chi connectivity index (χ4n) is 9.70. The molecule has 0 amide bonds. The van der Waals surface area contributed by atoms with Gasteiger partial charge in [0, 0.05) is 33.2 Å². The second-order valence-corrected chi connectivity index (χ2v) is 16.1. The van der Waals surface area contributed by atoms with Gasteiger partial charge >= 0.3 is 0 Å². The van der Waals surface area contributed by atoms with Crippen LogP contribution < -0.4 is 4.90 Å². The van der Waals surface area contributed by atoms with Crippen LogP contribution in [-0.2, 0) is 0 Å². The van der Waals surface area contributed by atoms with Crippen LogP contribution in [0.1, 0.15) is 0 Å². The molecule has 0 spiro atoms. The first-order chi connectivity index (χ1) is 30.8. The van der Waals surface area contributed by atoms with E-state index in [0.29, 0.717) is 0 Å². The van der Waals surface area contributed by atoms with Crippen molar-refractivity contribution in [1.29, 1.82) is 0 Å². The Kier molecular flexibility index (Phi) is 8.53. The van der Waals surface area contributed by atoms with E-state index in [-0.39, 0.29) is 0 Å². The zero-order valence-corrected chi connectivity index (χ0v) is 34.0. The van der Waals surface area contributed by atoms with E-state index < -0.39 is 0 Å². The molecule has 0 unspecified atom stereocenters.